The lowest BCUT2D eigenvalue weighted by Crippen LogP contribution is -2.23. The van der Waals surface area contributed by atoms with Gasteiger partial charge in [0.05, 0.1) is 20.4 Å². The molecule has 0 spiro atoms. The Bertz CT molecular complexity index is 1280. The van der Waals surface area contributed by atoms with Gasteiger partial charge in [0.2, 0.25) is 0 Å². The number of carbonyl (C=O) groups excluding carboxylic acids is 1. The predicted molar refractivity (Wildman–Crippen MR) is 122 cm³/mol. The standard InChI is InChI=1S/C20H19ClN4O3S2/c1-11-17(30-19(22-11)15-6-7-16(21)29-15)18(26)23-12-4-5-14-13(10-12)25(20(27)28-14)9-8-24(2)3/h4-7,10H,8-9H2,1-3H3,(H,23,26). The maximum absolute atomic E-state index is 12.9. The van der Waals surface area contributed by atoms with E-state index in [-0.39, 0.29) is 5.91 Å². The highest BCUT2D eigenvalue weighted by atomic mass is 35.5. The summed E-state index contributed by atoms with van der Waals surface area (Å²) in [5, 5.41) is 3.67. The number of hydrogen-bond donors (Lipinski definition) is 1. The molecule has 0 unspecified atom stereocenters. The number of nitrogens with zero attached hydrogens (tertiary/aromatic N) is 3. The molecule has 10 heteroatoms. The average molecular weight is 463 g/mol. The summed E-state index contributed by atoms with van der Waals surface area (Å²) in [4.78, 5) is 33.0. The fraction of sp³-hybridized carbons (Fsp3) is 0.250. The van der Waals surface area contributed by atoms with Crippen LogP contribution in [0.3, 0.4) is 0 Å². The smallest absolute Gasteiger partial charge is 0.408 e. The van der Waals surface area contributed by atoms with E-state index in [0.717, 1.165) is 9.88 Å². The molecule has 7 nitrogen and oxygen atoms in total. The fourth-order valence-electron chi connectivity index (χ4n) is 2.98. The van der Waals surface area contributed by atoms with E-state index in [0.29, 0.717) is 44.8 Å². The van der Waals surface area contributed by atoms with Crippen LogP contribution < -0.4 is 11.1 Å². The number of amides is 1. The van der Waals surface area contributed by atoms with Crippen molar-refractivity contribution < 1.29 is 9.21 Å². The highest BCUT2D eigenvalue weighted by molar-refractivity contribution is 7.24. The molecule has 1 N–H and O–H groups in total. The van der Waals surface area contributed by atoms with Gasteiger partial charge in [-0.15, -0.1) is 22.7 Å². The van der Waals surface area contributed by atoms with Gasteiger partial charge < -0.3 is 14.6 Å². The van der Waals surface area contributed by atoms with Crippen LogP contribution in [0.4, 0.5) is 5.69 Å². The van der Waals surface area contributed by atoms with Gasteiger partial charge in [-0.3, -0.25) is 9.36 Å². The van der Waals surface area contributed by atoms with Crippen molar-refractivity contribution in [2.24, 2.45) is 0 Å². The molecule has 30 heavy (non-hydrogen) atoms. The first-order chi connectivity index (χ1) is 14.3. The van der Waals surface area contributed by atoms with E-state index in [2.05, 4.69) is 10.3 Å². The molecule has 1 aromatic carbocycles. The Hall–Kier alpha value is -2.46. The lowest BCUT2D eigenvalue weighted by atomic mass is 10.2. The van der Waals surface area contributed by atoms with Crippen molar-refractivity contribution in [1.29, 1.82) is 0 Å². The fourth-order valence-corrected chi connectivity index (χ4v) is 5.04. The molecule has 0 saturated carbocycles. The zero-order valence-corrected chi connectivity index (χ0v) is 19.0. The van der Waals surface area contributed by atoms with Crippen molar-refractivity contribution in [2.45, 2.75) is 13.5 Å². The number of anilines is 1. The summed E-state index contributed by atoms with van der Waals surface area (Å²) in [6.07, 6.45) is 0. The zero-order valence-electron chi connectivity index (χ0n) is 16.6. The van der Waals surface area contributed by atoms with Crippen LogP contribution in [0.25, 0.3) is 21.0 Å². The van der Waals surface area contributed by atoms with Crippen molar-refractivity contribution >= 4 is 57.0 Å². The first-order valence-corrected chi connectivity index (χ1v) is 11.2. The summed E-state index contributed by atoms with van der Waals surface area (Å²) in [6.45, 7) is 3.00. The van der Waals surface area contributed by atoms with Crippen LogP contribution in [0.1, 0.15) is 15.4 Å². The van der Waals surface area contributed by atoms with Gasteiger partial charge in [0.1, 0.15) is 9.88 Å². The third-order valence-corrected chi connectivity index (χ3v) is 7.04. The summed E-state index contributed by atoms with van der Waals surface area (Å²) in [5.74, 6) is -0.656. The molecule has 0 saturated heterocycles. The van der Waals surface area contributed by atoms with Crippen molar-refractivity contribution in [1.82, 2.24) is 14.5 Å². The quantitative estimate of drug-likeness (QED) is 0.454. The van der Waals surface area contributed by atoms with Gasteiger partial charge in [0, 0.05) is 18.8 Å². The number of fused-ring (bicyclic) bond motifs is 1. The Morgan fingerprint density at radius 1 is 1.27 bits per heavy atom. The van der Waals surface area contributed by atoms with Crippen molar-refractivity contribution in [2.75, 3.05) is 26.0 Å². The molecule has 0 aliphatic rings. The SMILES string of the molecule is Cc1nc(-c2ccc(Cl)s2)sc1C(=O)Nc1ccc2oc(=O)n(CCN(C)C)c2c1. The van der Waals surface area contributed by atoms with Crippen molar-refractivity contribution in [3.63, 3.8) is 0 Å². The van der Waals surface area contributed by atoms with Gasteiger partial charge in [-0.2, -0.15) is 0 Å². The Kier molecular flexibility index (Phi) is 5.79. The lowest BCUT2D eigenvalue weighted by Gasteiger charge is -2.10. The highest BCUT2D eigenvalue weighted by Gasteiger charge is 2.18. The highest BCUT2D eigenvalue weighted by Crippen LogP contribution is 2.35. The number of nitrogens with one attached hydrogen (secondary N) is 1. The lowest BCUT2D eigenvalue weighted by molar-refractivity contribution is 0.103. The van der Waals surface area contributed by atoms with E-state index in [1.54, 1.807) is 22.8 Å². The molecule has 0 aliphatic carbocycles. The largest absolute Gasteiger partial charge is 0.419 e. The minimum Gasteiger partial charge on any atom is -0.408 e. The number of benzene rings is 1. The number of halogens is 1. The molecule has 3 heterocycles. The van der Waals surface area contributed by atoms with E-state index >= 15 is 0 Å². The number of carbonyl (C=O) groups is 1. The van der Waals surface area contributed by atoms with Crippen molar-refractivity contribution in [3.8, 4) is 9.88 Å². The molecule has 0 bridgehead atoms. The predicted octanol–water partition coefficient (Wildman–Crippen LogP) is 4.56. The Balaban J connectivity index is 1.59. The van der Waals surface area contributed by atoms with Gasteiger partial charge in [-0.1, -0.05) is 11.6 Å². The van der Waals surface area contributed by atoms with Gasteiger partial charge in [0.25, 0.3) is 5.91 Å². The number of hydrogen-bond acceptors (Lipinski definition) is 7. The second-order valence-corrected chi connectivity index (χ2v) is 9.71. The first kappa shape index (κ1) is 20.8. The number of aromatic nitrogens is 2. The van der Waals surface area contributed by atoms with Crippen LogP contribution in [0.15, 0.2) is 39.5 Å². The molecular formula is C20H19ClN4O3S2. The number of aryl methyl sites for hydroxylation is 1. The van der Waals surface area contributed by atoms with Gasteiger partial charge >= 0.3 is 5.76 Å². The molecule has 1 amide bonds. The summed E-state index contributed by atoms with van der Waals surface area (Å²) < 4.78 is 7.56. The summed E-state index contributed by atoms with van der Waals surface area (Å²) in [6, 6.07) is 8.87. The van der Waals surface area contributed by atoms with Crippen molar-refractivity contribution in [3.05, 3.63) is 55.8 Å². The van der Waals surface area contributed by atoms with E-state index in [1.807, 2.05) is 38.1 Å². The zero-order chi connectivity index (χ0) is 21.4. The van der Waals surface area contributed by atoms with Crippen LogP contribution in [0, 0.1) is 6.92 Å². The maximum Gasteiger partial charge on any atom is 0.419 e. The molecule has 0 fully saturated rings. The van der Waals surface area contributed by atoms with E-state index in [4.69, 9.17) is 16.0 Å². The van der Waals surface area contributed by atoms with E-state index < -0.39 is 5.76 Å². The van der Waals surface area contributed by atoms with Crippen LogP contribution in [0.5, 0.6) is 0 Å². The number of likely N-dealkylation sites (N-methyl/N-ethyl adjacent to an activating group) is 1. The van der Waals surface area contributed by atoms with Gasteiger partial charge in [-0.05, 0) is 51.4 Å². The van der Waals surface area contributed by atoms with Crippen LogP contribution >= 0.6 is 34.3 Å². The summed E-state index contributed by atoms with van der Waals surface area (Å²) >= 11 is 8.76. The molecule has 156 valence electrons. The van der Waals surface area contributed by atoms with Crippen LogP contribution in [0.2, 0.25) is 4.34 Å². The third kappa shape index (κ3) is 4.20. The topological polar surface area (TPSA) is 80.4 Å². The number of thiophene rings is 1. The second-order valence-electron chi connectivity index (χ2n) is 7.00. The van der Waals surface area contributed by atoms with Crippen LogP contribution in [-0.2, 0) is 6.54 Å². The van der Waals surface area contributed by atoms with Gasteiger partial charge in [0.15, 0.2) is 5.58 Å². The molecule has 0 atom stereocenters. The number of thiazole rings is 1. The number of oxazole rings is 1. The van der Waals surface area contributed by atoms with E-state index in [9.17, 15) is 9.59 Å². The molecule has 0 aliphatic heterocycles. The normalized spacial score (nSPS) is 11.5. The minimum absolute atomic E-state index is 0.246. The summed E-state index contributed by atoms with van der Waals surface area (Å²) in [7, 11) is 3.88. The Morgan fingerprint density at radius 2 is 2.07 bits per heavy atom. The van der Waals surface area contributed by atoms with Gasteiger partial charge in [-0.25, -0.2) is 9.78 Å². The first-order valence-electron chi connectivity index (χ1n) is 9.14. The molecule has 4 aromatic rings. The second kappa shape index (κ2) is 8.35. The molecule has 3 aromatic heterocycles. The summed E-state index contributed by atoms with van der Waals surface area (Å²) in [5.41, 5.74) is 2.38. The average Bonchev–Trinajstić information content (AvgIpc) is 3.36. The van der Waals surface area contributed by atoms with E-state index in [1.165, 1.54) is 22.7 Å². The van der Waals surface area contributed by atoms with Crippen LogP contribution in [-0.4, -0.2) is 41.0 Å². The number of rotatable bonds is 6. The third-order valence-electron chi connectivity index (χ3n) is 4.48. The Labute approximate surface area is 185 Å². The Morgan fingerprint density at radius 3 is 2.77 bits per heavy atom. The molecular weight excluding hydrogens is 444 g/mol. The molecule has 0 radical (unpaired) electrons. The maximum atomic E-state index is 12.9. The molecule has 4 rings (SSSR count). The minimum atomic E-state index is -0.409. The monoisotopic (exact) mass is 462 g/mol.